The van der Waals surface area contributed by atoms with Crippen LogP contribution in [0.25, 0.3) is 0 Å². The highest BCUT2D eigenvalue weighted by Crippen LogP contribution is 2.33. The number of aromatic nitrogens is 3. The quantitative estimate of drug-likeness (QED) is 0.797. The molecule has 3 heterocycles. The number of likely N-dealkylation sites (tertiary alicyclic amines) is 2. The van der Waals surface area contributed by atoms with E-state index in [2.05, 4.69) is 10.3 Å². The second-order valence-corrected chi connectivity index (χ2v) is 7.28. The minimum absolute atomic E-state index is 0.0451. The molecule has 148 valence electrons. The second kappa shape index (κ2) is 7.57. The van der Waals surface area contributed by atoms with E-state index in [1.165, 1.54) is 12.1 Å². The van der Waals surface area contributed by atoms with Gasteiger partial charge in [0.05, 0.1) is 24.7 Å². The zero-order chi connectivity index (χ0) is 19.7. The third-order valence-electron chi connectivity index (χ3n) is 5.56. The van der Waals surface area contributed by atoms with E-state index in [9.17, 15) is 19.1 Å². The molecule has 2 amide bonds. The zero-order valence-electron chi connectivity index (χ0n) is 15.4. The number of carbonyl (C=O) groups is 2. The van der Waals surface area contributed by atoms with E-state index < -0.39 is 11.6 Å². The molecule has 2 aliphatic rings. The molecule has 2 saturated heterocycles. The van der Waals surface area contributed by atoms with Crippen LogP contribution in [0, 0.1) is 5.82 Å². The maximum atomic E-state index is 13.5. The van der Waals surface area contributed by atoms with Crippen LogP contribution in [0.5, 0.6) is 5.75 Å². The van der Waals surface area contributed by atoms with Gasteiger partial charge in [-0.05, 0) is 30.5 Å². The van der Waals surface area contributed by atoms with Crippen LogP contribution in [0.4, 0.5) is 4.39 Å². The van der Waals surface area contributed by atoms with Gasteiger partial charge in [-0.25, -0.2) is 4.39 Å². The Morgan fingerprint density at radius 3 is 2.89 bits per heavy atom. The fraction of sp³-hybridized carbons (Fsp3) is 0.474. The van der Waals surface area contributed by atoms with Gasteiger partial charge in [-0.3, -0.25) is 14.3 Å². The Morgan fingerprint density at radius 2 is 2.14 bits per heavy atom. The standard InChI is InChI=1S/C19H22FN5O3/c20-14-10-13(2-3-17(14)26)11-18(27)25-8-4-15-16(25)12-19(28)24(15)7-1-6-23-9-5-21-22-23/h2-3,5,9-10,15-16,26H,1,4,6-8,11-12H2/t15-,16-/m0/s1. The summed E-state index contributed by atoms with van der Waals surface area (Å²) in [6.07, 6.45) is 5.34. The Hall–Kier alpha value is -2.97. The number of benzene rings is 1. The predicted molar refractivity (Wildman–Crippen MR) is 96.6 cm³/mol. The van der Waals surface area contributed by atoms with E-state index in [0.717, 1.165) is 12.8 Å². The number of aryl methyl sites for hydroxylation is 1. The molecule has 0 unspecified atom stereocenters. The summed E-state index contributed by atoms with van der Waals surface area (Å²) in [6.45, 7) is 1.92. The summed E-state index contributed by atoms with van der Waals surface area (Å²) in [5.41, 5.74) is 0.512. The van der Waals surface area contributed by atoms with Gasteiger partial charge in [0.25, 0.3) is 0 Å². The van der Waals surface area contributed by atoms with Crippen molar-refractivity contribution in [3.05, 3.63) is 42.0 Å². The van der Waals surface area contributed by atoms with Crippen molar-refractivity contribution in [2.45, 2.75) is 44.3 Å². The fourth-order valence-electron chi connectivity index (χ4n) is 4.22. The first-order valence-corrected chi connectivity index (χ1v) is 9.43. The molecule has 0 saturated carbocycles. The molecule has 2 aromatic rings. The SMILES string of the molecule is O=C1C[C@H]2[C@H](CCN2C(=O)Cc2ccc(O)c(F)c2)N1CCCn1ccnn1. The van der Waals surface area contributed by atoms with Gasteiger partial charge >= 0.3 is 0 Å². The molecular weight excluding hydrogens is 365 g/mol. The number of fused-ring (bicyclic) bond motifs is 1. The third-order valence-corrected chi connectivity index (χ3v) is 5.56. The van der Waals surface area contributed by atoms with E-state index in [1.807, 2.05) is 4.90 Å². The fourth-order valence-corrected chi connectivity index (χ4v) is 4.22. The molecule has 2 fully saturated rings. The van der Waals surface area contributed by atoms with Crippen molar-refractivity contribution in [2.75, 3.05) is 13.1 Å². The average molecular weight is 387 g/mol. The summed E-state index contributed by atoms with van der Waals surface area (Å²) < 4.78 is 15.2. The lowest BCUT2D eigenvalue weighted by Gasteiger charge is -2.25. The van der Waals surface area contributed by atoms with Crippen LogP contribution in [0.1, 0.15) is 24.8 Å². The summed E-state index contributed by atoms with van der Waals surface area (Å²) in [6, 6.07) is 3.90. The Balaban J connectivity index is 1.36. The van der Waals surface area contributed by atoms with Crippen LogP contribution in [0.3, 0.4) is 0 Å². The van der Waals surface area contributed by atoms with Gasteiger partial charge in [0, 0.05) is 32.3 Å². The molecule has 0 aliphatic carbocycles. The van der Waals surface area contributed by atoms with Crippen LogP contribution in [-0.4, -0.2) is 66.9 Å². The Kier molecular flexibility index (Phi) is 4.97. The highest BCUT2D eigenvalue weighted by molar-refractivity contribution is 5.84. The molecule has 9 heteroatoms. The van der Waals surface area contributed by atoms with Gasteiger partial charge in [-0.1, -0.05) is 11.3 Å². The number of carbonyl (C=O) groups excluding carboxylic acids is 2. The maximum Gasteiger partial charge on any atom is 0.227 e. The third kappa shape index (κ3) is 3.56. The number of aromatic hydroxyl groups is 1. The highest BCUT2D eigenvalue weighted by Gasteiger charge is 2.47. The molecule has 28 heavy (non-hydrogen) atoms. The number of hydrogen-bond donors (Lipinski definition) is 1. The summed E-state index contributed by atoms with van der Waals surface area (Å²) in [5, 5.41) is 17.0. The lowest BCUT2D eigenvalue weighted by Crippen LogP contribution is -2.40. The number of phenols is 1. The van der Waals surface area contributed by atoms with Crippen molar-refractivity contribution in [3.8, 4) is 5.75 Å². The molecule has 0 bridgehead atoms. The first-order chi connectivity index (χ1) is 13.5. The topological polar surface area (TPSA) is 91.6 Å². The largest absolute Gasteiger partial charge is 0.505 e. The van der Waals surface area contributed by atoms with Crippen molar-refractivity contribution in [1.29, 1.82) is 0 Å². The Labute approximate surface area is 161 Å². The molecule has 4 rings (SSSR count). The predicted octanol–water partition coefficient (Wildman–Crippen LogP) is 0.957. The van der Waals surface area contributed by atoms with Gasteiger partial charge in [-0.2, -0.15) is 0 Å². The van der Waals surface area contributed by atoms with Crippen molar-refractivity contribution in [1.82, 2.24) is 24.8 Å². The summed E-state index contributed by atoms with van der Waals surface area (Å²) in [5.74, 6) is -1.21. The van der Waals surface area contributed by atoms with Crippen molar-refractivity contribution in [2.24, 2.45) is 0 Å². The van der Waals surface area contributed by atoms with Crippen LogP contribution in [-0.2, 0) is 22.6 Å². The Morgan fingerprint density at radius 1 is 1.29 bits per heavy atom. The van der Waals surface area contributed by atoms with Gasteiger partial charge < -0.3 is 14.9 Å². The molecule has 1 N–H and O–H groups in total. The number of rotatable bonds is 6. The van der Waals surface area contributed by atoms with E-state index in [4.69, 9.17) is 0 Å². The molecule has 2 aliphatic heterocycles. The van der Waals surface area contributed by atoms with Crippen molar-refractivity contribution < 1.29 is 19.1 Å². The monoisotopic (exact) mass is 387 g/mol. The van der Waals surface area contributed by atoms with E-state index in [1.54, 1.807) is 28.0 Å². The number of amides is 2. The summed E-state index contributed by atoms with van der Waals surface area (Å²) >= 11 is 0. The summed E-state index contributed by atoms with van der Waals surface area (Å²) in [4.78, 5) is 28.8. The molecule has 0 spiro atoms. The number of hydrogen-bond acceptors (Lipinski definition) is 5. The molecule has 8 nitrogen and oxygen atoms in total. The zero-order valence-corrected chi connectivity index (χ0v) is 15.4. The van der Waals surface area contributed by atoms with E-state index in [-0.39, 0.29) is 30.3 Å². The molecule has 1 aromatic heterocycles. The van der Waals surface area contributed by atoms with Gasteiger partial charge in [0.15, 0.2) is 11.6 Å². The van der Waals surface area contributed by atoms with Gasteiger partial charge in [0.1, 0.15) is 0 Å². The lowest BCUT2D eigenvalue weighted by molar-refractivity contribution is -0.131. The minimum atomic E-state index is -0.737. The molecule has 1 aromatic carbocycles. The summed E-state index contributed by atoms with van der Waals surface area (Å²) in [7, 11) is 0. The molecule has 2 atom stereocenters. The normalized spacial score (nSPS) is 21.4. The highest BCUT2D eigenvalue weighted by atomic mass is 19.1. The van der Waals surface area contributed by atoms with Crippen LogP contribution < -0.4 is 0 Å². The molecular formula is C19H22FN5O3. The smallest absolute Gasteiger partial charge is 0.227 e. The van der Waals surface area contributed by atoms with Gasteiger partial charge in [0.2, 0.25) is 11.8 Å². The average Bonchev–Trinajstić information content (AvgIpc) is 3.37. The van der Waals surface area contributed by atoms with Gasteiger partial charge in [-0.15, -0.1) is 5.10 Å². The number of halogens is 1. The number of nitrogens with zero attached hydrogens (tertiary/aromatic N) is 5. The lowest BCUT2D eigenvalue weighted by atomic mass is 10.1. The first kappa shape index (κ1) is 18.4. The van der Waals surface area contributed by atoms with E-state index >= 15 is 0 Å². The number of phenolic OH excluding ortho intramolecular Hbond substituents is 1. The Bertz CT molecular complexity index is 872. The molecule has 0 radical (unpaired) electrons. The second-order valence-electron chi connectivity index (χ2n) is 7.28. The van der Waals surface area contributed by atoms with Crippen molar-refractivity contribution >= 4 is 11.8 Å². The maximum absolute atomic E-state index is 13.5. The van der Waals surface area contributed by atoms with Crippen LogP contribution in [0.2, 0.25) is 0 Å². The van der Waals surface area contributed by atoms with Crippen molar-refractivity contribution in [3.63, 3.8) is 0 Å². The first-order valence-electron chi connectivity index (χ1n) is 9.43. The van der Waals surface area contributed by atoms with Crippen LogP contribution >= 0.6 is 0 Å². The minimum Gasteiger partial charge on any atom is -0.505 e. The van der Waals surface area contributed by atoms with Crippen LogP contribution in [0.15, 0.2) is 30.6 Å². The van der Waals surface area contributed by atoms with E-state index in [0.29, 0.717) is 31.6 Å².